The van der Waals surface area contributed by atoms with Crippen LogP contribution in [0.25, 0.3) is 0 Å². The Morgan fingerprint density at radius 2 is 1.48 bits per heavy atom. The molecule has 0 unspecified atom stereocenters. The van der Waals surface area contributed by atoms with Gasteiger partial charge in [0.25, 0.3) is 0 Å². The fourth-order valence-electron chi connectivity index (χ4n) is 2.29. The smallest absolute Gasteiger partial charge is 0.339 e. The molecule has 124 valence electrons. The summed E-state index contributed by atoms with van der Waals surface area (Å²) in [5, 5.41) is 0. The molecule has 0 aliphatic heterocycles. The molecule has 1 heterocycles. The molecule has 0 fully saturated rings. The number of hydrogen-bond donors (Lipinski definition) is 0. The van der Waals surface area contributed by atoms with Gasteiger partial charge in [-0.25, -0.2) is 4.79 Å². The van der Waals surface area contributed by atoms with Crippen molar-refractivity contribution in [3.63, 3.8) is 0 Å². The third kappa shape index (κ3) is 3.97. The second-order valence-electron chi connectivity index (χ2n) is 4.82. The van der Waals surface area contributed by atoms with E-state index in [1.54, 1.807) is 27.4 Å². The molecule has 0 radical (unpaired) electrons. The Bertz CT molecular complexity index is 694. The molecule has 6 nitrogen and oxygen atoms in total. The lowest BCUT2D eigenvalue weighted by Crippen LogP contribution is -2.03. The molecule has 23 heavy (non-hydrogen) atoms. The number of rotatable bonds is 7. The molecule has 0 amide bonds. The number of benzene rings is 1. The average Bonchev–Trinajstić information content (AvgIpc) is 2.58. The van der Waals surface area contributed by atoms with Crippen LogP contribution in [-0.4, -0.2) is 28.4 Å². The van der Waals surface area contributed by atoms with Crippen molar-refractivity contribution in [3.8, 4) is 23.0 Å². The van der Waals surface area contributed by atoms with E-state index in [2.05, 4.69) is 0 Å². The third-order valence-electron chi connectivity index (χ3n) is 3.42. The van der Waals surface area contributed by atoms with Crippen molar-refractivity contribution in [2.24, 2.45) is 0 Å². The highest BCUT2D eigenvalue weighted by atomic mass is 16.5. The molecule has 0 saturated heterocycles. The van der Waals surface area contributed by atoms with Gasteiger partial charge in [-0.05, 0) is 24.1 Å². The van der Waals surface area contributed by atoms with Crippen LogP contribution in [0.2, 0.25) is 0 Å². The Kier molecular flexibility index (Phi) is 5.51. The standard InChI is InChI=1S/C17H20O6/c1-19-13-9-12(23-16(18)10-13)6-5-11-7-14(20-2)17(22-4)15(8-11)21-3/h7-10H,5-6H2,1-4H3. The lowest BCUT2D eigenvalue weighted by atomic mass is 10.1. The first-order chi connectivity index (χ1) is 11.1. The van der Waals surface area contributed by atoms with E-state index in [1.165, 1.54) is 13.2 Å². The zero-order valence-corrected chi connectivity index (χ0v) is 13.7. The van der Waals surface area contributed by atoms with Gasteiger partial charge in [0.2, 0.25) is 5.75 Å². The second kappa shape index (κ2) is 7.58. The van der Waals surface area contributed by atoms with E-state index in [0.29, 0.717) is 41.6 Å². The first kappa shape index (κ1) is 16.7. The van der Waals surface area contributed by atoms with Gasteiger partial charge in [0.1, 0.15) is 11.5 Å². The van der Waals surface area contributed by atoms with E-state index in [0.717, 1.165) is 5.56 Å². The molecule has 1 aromatic heterocycles. The Morgan fingerprint density at radius 3 is 2.00 bits per heavy atom. The molecule has 2 rings (SSSR count). The van der Waals surface area contributed by atoms with Gasteiger partial charge in [-0.15, -0.1) is 0 Å². The lowest BCUT2D eigenvalue weighted by Gasteiger charge is -2.14. The Morgan fingerprint density at radius 1 is 0.826 bits per heavy atom. The van der Waals surface area contributed by atoms with Crippen molar-refractivity contribution in [1.29, 1.82) is 0 Å². The van der Waals surface area contributed by atoms with Crippen LogP contribution in [-0.2, 0) is 12.8 Å². The SMILES string of the molecule is COc1cc(CCc2cc(OC)c(OC)c(OC)c2)oc(=O)c1. The van der Waals surface area contributed by atoms with Crippen molar-refractivity contribution < 1.29 is 23.4 Å². The molecule has 2 aromatic rings. The summed E-state index contributed by atoms with van der Waals surface area (Å²) in [4.78, 5) is 11.5. The molecule has 0 N–H and O–H groups in total. The summed E-state index contributed by atoms with van der Waals surface area (Å²) in [5.41, 5.74) is 0.550. The van der Waals surface area contributed by atoms with Crippen LogP contribution >= 0.6 is 0 Å². The molecular formula is C17H20O6. The van der Waals surface area contributed by atoms with E-state index < -0.39 is 5.63 Å². The van der Waals surface area contributed by atoms with E-state index in [9.17, 15) is 4.79 Å². The summed E-state index contributed by atoms with van der Waals surface area (Å²) in [7, 11) is 6.22. The average molecular weight is 320 g/mol. The molecule has 0 bridgehead atoms. The number of methoxy groups -OCH3 is 4. The number of aryl methyl sites for hydroxylation is 2. The normalized spacial score (nSPS) is 10.3. The highest BCUT2D eigenvalue weighted by molar-refractivity contribution is 5.53. The number of hydrogen-bond acceptors (Lipinski definition) is 6. The minimum atomic E-state index is -0.427. The van der Waals surface area contributed by atoms with Crippen LogP contribution in [0, 0.1) is 0 Å². The minimum Gasteiger partial charge on any atom is -0.496 e. The molecule has 0 spiro atoms. The summed E-state index contributed by atoms with van der Waals surface area (Å²) in [6, 6.07) is 6.77. The van der Waals surface area contributed by atoms with Crippen LogP contribution in [0.15, 0.2) is 33.5 Å². The molecule has 0 aliphatic carbocycles. The van der Waals surface area contributed by atoms with Crippen LogP contribution in [0.3, 0.4) is 0 Å². The second-order valence-corrected chi connectivity index (χ2v) is 4.82. The monoisotopic (exact) mass is 320 g/mol. The van der Waals surface area contributed by atoms with Gasteiger partial charge in [-0.2, -0.15) is 0 Å². The summed E-state index contributed by atoms with van der Waals surface area (Å²) in [5.74, 6) is 2.78. The fourth-order valence-corrected chi connectivity index (χ4v) is 2.29. The van der Waals surface area contributed by atoms with Crippen LogP contribution in [0.5, 0.6) is 23.0 Å². The summed E-state index contributed by atoms with van der Waals surface area (Å²) in [6.45, 7) is 0. The quantitative estimate of drug-likeness (QED) is 0.781. The van der Waals surface area contributed by atoms with Crippen molar-refractivity contribution in [2.75, 3.05) is 28.4 Å². The van der Waals surface area contributed by atoms with Gasteiger partial charge in [0.05, 0.1) is 34.5 Å². The zero-order chi connectivity index (χ0) is 16.8. The topological polar surface area (TPSA) is 67.1 Å². The van der Waals surface area contributed by atoms with Crippen LogP contribution in [0.1, 0.15) is 11.3 Å². The molecular weight excluding hydrogens is 300 g/mol. The highest BCUT2D eigenvalue weighted by Gasteiger charge is 2.13. The van der Waals surface area contributed by atoms with Gasteiger partial charge < -0.3 is 23.4 Å². The van der Waals surface area contributed by atoms with Gasteiger partial charge >= 0.3 is 5.63 Å². The third-order valence-corrected chi connectivity index (χ3v) is 3.42. The Hall–Kier alpha value is -2.63. The Balaban J connectivity index is 2.23. The molecule has 1 aromatic carbocycles. The van der Waals surface area contributed by atoms with E-state index in [-0.39, 0.29) is 0 Å². The molecule has 6 heteroatoms. The van der Waals surface area contributed by atoms with Crippen molar-refractivity contribution in [1.82, 2.24) is 0 Å². The largest absolute Gasteiger partial charge is 0.496 e. The van der Waals surface area contributed by atoms with Gasteiger partial charge in [-0.1, -0.05) is 0 Å². The van der Waals surface area contributed by atoms with Gasteiger partial charge in [0, 0.05) is 12.5 Å². The molecule has 0 atom stereocenters. The highest BCUT2D eigenvalue weighted by Crippen LogP contribution is 2.38. The van der Waals surface area contributed by atoms with Gasteiger partial charge in [0.15, 0.2) is 11.5 Å². The van der Waals surface area contributed by atoms with Crippen LogP contribution in [0.4, 0.5) is 0 Å². The van der Waals surface area contributed by atoms with Crippen LogP contribution < -0.4 is 24.6 Å². The van der Waals surface area contributed by atoms with Crippen molar-refractivity contribution in [3.05, 3.63) is 46.0 Å². The predicted octanol–water partition coefficient (Wildman–Crippen LogP) is 2.46. The summed E-state index contributed by atoms with van der Waals surface area (Å²) < 4.78 is 26.2. The Labute approximate surface area is 134 Å². The minimum absolute atomic E-state index is 0.427. The maximum absolute atomic E-state index is 11.5. The van der Waals surface area contributed by atoms with E-state index in [4.69, 9.17) is 23.4 Å². The predicted molar refractivity (Wildman–Crippen MR) is 85.0 cm³/mol. The lowest BCUT2D eigenvalue weighted by molar-refractivity contribution is 0.323. The molecule has 0 saturated carbocycles. The fraction of sp³-hybridized carbons (Fsp3) is 0.353. The maximum atomic E-state index is 11.5. The number of ether oxygens (including phenoxy) is 4. The first-order valence-electron chi connectivity index (χ1n) is 7.08. The van der Waals surface area contributed by atoms with E-state index >= 15 is 0 Å². The first-order valence-corrected chi connectivity index (χ1v) is 7.08. The summed E-state index contributed by atoms with van der Waals surface area (Å²) in [6.07, 6.45) is 1.19. The summed E-state index contributed by atoms with van der Waals surface area (Å²) >= 11 is 0. The zero-order valence-electron chi connectivity index (χ0n) is 13.7. The van der Waals surface area contributed by atoms with E-state index in [1.807, 2.05) is 12.1 Å². The van der Waals surface area contributed by atoms with Crippen molar-refractivity contribution >= 4 is 0 Å². The van der Waals surface area contributed by atoms with Crippen molar-refractivity contribution in [2.45, 2.75) is 12.8 Å². The van der Waals surface area contributed by atoms with Gasteiger partial charge in [-0.3, -0.25) is 0 Å². The molecule has 0 aliphatic rings. The maximum Gasteiger partial charge on any atom is 0.339 e.